The molecule has 138 heavy (non-hydrogen) atoms. The Morgan fingerprint density at radius 1 is 0.261 bits per heavy atom. The van der Waals surface area contributed by atoms with Crippen molar-refractivity contribution in [2.45, 2.75) is 252 Å². The molecule has 0 unspecified atom stereocenters. The Balaban J connectivity index is 1.57. The molecule has 0 spiro atoms. The molecule has 60 heteroatoms. The number of non-ortho nitro benzene ring substituents is 1. The van der Waals surface area contributed by atoms with Crippen molar-refractivity contribution in [3.05, 3.63) is 34.4 Å². The Labute approximate surface area is 779 Å². The summed E-state index contributed by atoms with van der Waals surface area (Å²) < 4.78 is 151. The Morgan fingerprint density at radius 3 is 0.645 bits per heavy atom. The van der Waals surface area contributed by atoms with Crippen molar-refractivity contribution in [1.29, 1.82) is 0 Å². The number of amides is 6. The van der Waals surface area contributed by atoms with Crippen molar-refractivity contribution in [1.82, 2.24) is 31.9 Å². The molecule has 0 saturated carbocycles. The quantitative estimate of drug-likeness (QED) is 0.0135. The Morgan fingerprint density at radius 2 is 0.449 bits per heavy atom. The van der Waals surface area contributed by atoms with Gasteiger partial charge in [-0.05, 0) is 12.1 Å². The van der Waals surface area contributed by atoms with Crippen LogP contribution in [0.3, 0.4) is 0 Å². The molecule has 6 N–H and O–H groups in total. The van der Waals surface area contributed by atoms with Gasteiger partial charge in [-0.3, -0.25) is 86.8 Å². The van der Waals surface area contributed by atoms with Crippen molar-refractivity contribution in [3.63, 3.8) is 0 Å². The highest BCUT2D eigenvalue weighted by molar-refractivity contribution is 5.76. The van der Waals surface area contributed by atoms with Crippen LogP contribution in [0, 0.1) is 10.1 Å². The molecule has 0 aromatic heterocycles. The number of rotatable bonds is 41. The van der Waals surface area contributed by atoms with Crippen LogP contribution < -0.4 is 36.6 Å². The van der Waals surface area contributed by atoms with Gasteiger partial charge in [-0.15, -0.1) is 0 Å². The Kier molecular flexibility index (Phi) is 45.2. The molecular formula is C78H101N7O53. The summed E-state index contributed by atoms with van der Waals surface area (Å²) in [6, 6.07) is 3.60. The summed E-state index contributed by atoms with van der Waals surface area (Å²) in [5, 5.41) is 24.3. The molecule has 20 atom stereocenters. The van der Waals surface area contributed by atoms with E-state index in [2.05, 4.69) is 31.9 Å². The van der Waals surface area contributed by atoms with E-state index in [1.54, 1.807) is 0 Å². The van der Waals surface area contributed by atoms with Crippen LogP contribution in [0.4, 0.5) is 39.2 Å². The van der Waals surface area contributed by atoms with Crippen molar-refractivity contribution in [2.75, 3.05) is 65.7 Å². The lowest BCUT2D eigenvalue weighted by Crippen LogP contribution is -2.63. The smallest absolute Gasteiger partial charge is 0.463 e. The first kappa shape index (κ1) is 113. The summed E-state index contributed by atoms with van der Waals surface area (Å²) in [5.74, 6) is -17.6. The van der Waals surface area contributed by atoms with Crippen molar-refractivity contribution >= 4 is 144 Å². The molecule has 5 rings (SSSR count). The maximum atomic E-state index is 14.3. The number of alkyl carbamates (subject to hydrolysis) is 6. The molecule has 60 nitrogen and oxygen atoms in total. The second-order valence-electron chi connectivity index (χ2n) is 29.1. The van der Waals surface area contributed by atoms with Gasteiger partial charge in [-0.25, -0.2) is 33.6 Å². The van der Waals surface area contributed by atoms with Crippen LogP contribution in [-0.4, -0.2) is 350 Å². The highest BCUT2D eigenvalue weighted by atomic mass is 16.8. The number of nitrogens with zero attached hydrogens (tertiary/aromatic N) is 1. The molecule has 4 aliphatic rings. The van der Waals surface area contributed by atoms with Crippen LogP contribution >= 0.6 is 0 Å². The van der Waals surface area contributed by atoms with Gasteiger partial charge in [0.2, 0.25) is 49.6 Å². The molecule has 0 radical (unpaired) electrons. The van der Waals surface area contributed by atoms with Crippen LogP contribution in [0.5, 0.6) is 5.75 Å². The van der Waals surface area contributed by atoms with E-state index >= 15 is 0 Å². The topological polar surface area (TPSA) is 766 Å². The minimum absolute atomic E-state index is 0.449. The maximum Gasteiger partial charge on any atom is 0.514 e. The van der Waals surface area contributed by atoms with E-state index in [4.69, 9.17) is 133 Å². The second kappa shape index (κ2) is 55.0. The van der Waals surface area contributed by atoms with Crippen LogP contribution in [0.25, 0.3) is 0 Å². The molecule has 1 aromatic rings. The van der Waals surface area contributed by atoms with Gasteiger partial charge in [0.05, 0.1) is 44.2 Å². The van der Waals surface area contributed by atoms with Gasteiger partial charge in [-0.1, -0.05) is 0 Å². The first-order chi connectivity index (χ1) is 64.7. The van der Waals surface area contributed by atoms with Gasteiger partial charge >= 0.3 is 138 Å². The standard InChI is InChI=1S/C78H101N7O53/c1-31(86)111-27-52-56(115-35(5)90)60(119-39(9)94)64(123-43(13)98)68(131-52)135-74(104)81-21-49(22-82-75(105)136-69-65(124-44(14)99)61(120-40(10)95)57(116-36(6)91)53(132-69)28-112-32(2)87)127-72(102)79-25-51(130-78(108)129-48-19-17-47(18-20-48)85(109)110)26-80-73(103)128-50(23-83-76(106)137-70-66(125-45(15)100)62(121-41(11)96)58(117-37(7)92)54(133-70)29-113-33(3)88)24-84-77(107)138-71-67(126-46(16)101)63(122-42(12)97)59(118-38(8)93)55(134-71)30-114-34(4)89/h17-20,49-71H,21-30H2,1-16H3,(H,79,102)(H,80,103)(H,81,104)(H,82,105)(H,83,106)(H,84,107)/t52-,53-,54-,55-,56+,57+,58+,59+,60+,61+,62+,63+,64-,65-,66-,67-,68-,69-,70-,71-/m1/s1. The fraction of sp³-hybridized carbons (Fsp3) is 0.628. The van der Waals surface area contributed by atoms with Crippen LogP contribution in [-0.2, 0) is 205 Å². The number of esters is 16. The van der Waals surface area contributed by atoms with Crippen LogP contribution in [0.2, 0.25) is 0 Å². The van der Waals surface area contributed by atoms with E-state index < -0.39 is 361 Å². The summed E-state index contributed by atoms with van der Waals surface area (Å²) >= 11 is 0. The second-order valence-corrected chi connectivity index (χ2v) is 29.1. The third-order valence-corrected chi connectivity index (χ3v) is 17.6. The third-order valence-electron chi connectivity index (χ3n) is 17.6. The van der Waals surface area contributed by atoms with Gasteiger partial charge in [0.25, 0.3) is 5.69 Å². The molecule has 766 valence electrons. The van der Waals surface area contributed by atoms with Crippen LogP contribution in [0.1, 0.15) is 111 Å². The number of carbonyl (C=O) groups is 23. The summed E-state index contributed by atoms with van der Waals surface area (Å²) in [6.07, 6.45) is -56.5. The number of ether oxygens (including phenoxy) is 28. The van der Waals surface area contributed by atoms with E-state index in [0.29, 0.717) is 0 Å². The van der Waals surface area contributed by atoms with Crippen LogP contribution in [0.15, 0.2) is 24.3 Å². The molecule has 4 aliphatic heterocycles. The van der Waals surface area contributed by atoms with Gasteiger partial charge in [-0.2, -0.15) is 0 Å². The summed E-state index contributed by atoms with van der Waals surface area (Å²) in [4.78, 5) is 308. The van der Waals surface area contributed by atoms with Crippen molar-refractivity contribution in [2.24, 2.45) is 0 Å². The number of benzene rings is 1. The highest BCUT2D eigenvalue weighted by Gasteiger charge is 2.59. The summed E-state index contributed by atoms with van der Waals surface area (Å²) in [7, 11) is 0. The van der Waals surface area contributed by atoms with Gasteiger partial charge < -0.3 is 165 Å². The third kappa shape index (κ3) is 39.8. The Hall–Kier alpha value is -15.1. The minimum Gasteiger partial charge on any atom is -0.463 e. The molecule has 0 aliphatic carbocycles. The average Bonchev–Trinajstić information content (AvgIpc) is 0.796. The average molecular weight is 1980 g/mol. The molecule has 4 heterocycles. The maximum absolute atomic E-state index is 14.3. The number of hydrogen-bond donors (Lipinski definition) is 6. The molecule has 4 saturated heterocycles. The predicted octanol–water partition coefficient (Wildman–Crippen LogP) is -2.09. The SMILES string of the molecule is CC(=O)OC[C@H]1O[C@H](OC(=O)NCC(CNC(=O)O[C@H]2O[C@H](COC(C)=O)[C@H](OC(C)=O)[C@H](OC(C)=O)[C@H]2OC(C)=O)OC(=O)NCC(CNC(=O)OC(CNC(=O)O[C@H]2O[C@H](COC(C)=O)[C@H](OC(C)=O)[C@H](OC(C)=O)[C@H]2OC(C)=O)CNC(=O)O[C@H]2O[C@H](COC(C)=O)[C@H](OC(C)=O)[C@H](OC(C)=O)[C@H]2OC(C)=O)OC(=O)Oc2ccc([N+](=O)[O-])cc2)[C@H](OC(C)=O)[C@@H](OC(C)=O)[C@H]1OC(C)=O. The lowest BCUT2D eigenvalue weighted by Gasteiger charge is -2.43. The van der Waals surface area contributed by atoms with Crippen molar-refractivity contribution < 1.29 is 248 Å². The molecule has 6 amide bonds. The lowest BCUT2D eigenvalue weighted by atomic mass is 9.98. The van der Waals surface area contributed by atoms with Gasteiger partial charge in [0.1, 0.15) is 74.9 Å². The fourth-order valence-electron chi connectivity index (χ4n) is 12.7. The fourth-order valence-corrected chi connectivity index (χ4v) is 12.7. The largest absolute Gasteiger partial charge is 0.514 e. The number of nitro groups is 1. The zero-order valence-corrected chi connectivity index (χ0v) is 76.2. The normalized spacial score (nSPS) is 24.3. The first-order valence-electron chi connectivity index (χ1n) is 40.8. The number of hydrogen-bond acceptors (Lipinski definition) is 53. The predicted molar refractivity (Wildman–Crippen MR) is 426 cm³/mol. The van der Waals surface area contributed by atoms with Crippen molar-refractivity contribution in [3.8, 4) is 5.75 Å². The molecular weight excluding hydrogens is 1880 g/mol. The molecule has 4 fully saturated rings. The van der Waals surface area contributed by atoms with E-state index in [-0.39, 0.29) is 0 Å². The first-order valence-corrected chi connectivity index (χ1v) is 40.8. The summed E-state index contributed by atoms with van der Waals surface area (Å²) in [6.45, 7) is 4.41. The summed E-state index contributed by atoms with van der Waals surface area (Å²) in [5.41, 5.74) is -0.511. The minimum atomic E-state index is -2.23. The number of nitrogens with one attached hydrogen (secondary N) is 6. The van der Waals surface area contributed by atoms with E-state index in [1.807, 2.05) is 0 Å². The lowest BCUT2D eigenvalue weighted by molar-refractivity contribution is -0.384. The number of nitro benzene ring substituents is 1. The highest BCUT2D eigenvalue weighted by Crippen LogP contribution is 2.36. The molecule has 0 bridgehead atoms. The Bertz CT molecular complexity index is 4100. The van der Waals surface area contributed by atoms with E-state index in [1.165, 1.54) is 0 Å². The monoisotopic (exact) mass is 1980 g/mol. The van der Waals surface area contributed by atoms with E-state index in [0.717, 1.165) is 135 Å². The zero-order valence-electron chi connectivity index (χ0n) is 76.2. The van der Waals surface area contributed by atoms with Gasteiger partial charge in [0.15, 0.2) is 48.8 Å². The number of carbonyl (C=O) groups excluding carboxylic acids is 23. The van der Waals surface area contributed by atoms with E-state index in [9.17, 15) is 120 Å². The van der Waals surface area contributed by atoms with Gasteiger partial charge in [0, 0.05) is 123 Å². The zero-order chi connectivity index (χ0) is 103. The molecule has 1 aromatic carbocycles.